The Hall–Kier alpha value is -1.64. The molecule has 1 atom stereocenters. The first-order valence-corrected chi connectivity index (χ1v) is 6.61. The second kappa shape index (κ2) is 6.46. The van der Waals surface area contributed by atoms with E-state index in [1.54, 1.807) is 0 Å². The van der Waals surface area contributed by atoms with E-state index in [-0.39, 0.29) is 0 Å². The molecule has 7 nitrogen and oxygen atoms in total. The number of alkyl halides is 7. The van der Waals surface area contributed by atoms with Crippen molar-refractivity contribution in [1.29, 1.82) is 0 Å². The molecule has 0 aromatic heterocycles. The second-order valence-electron chi connectivity index (χ2n) is 3.98. The molecule has 0 saturated heterocycles. The molecular weight excluding hydrogens is 373 g/mol. The van der Waals surface area contributed by atoms with Crippen molar-refractivity contribution in [3.63, 3.8) is 0 Å². The molecule has 0 spiro atoms. The van der Waals surface area contributed by atoms with Crippen LogP contribution in [0, 0.1) is 0 Å². The van der Waals surface area contributed by atoms with E-state index in [0.29, 0.717) is 0 Å². The summed E-state index contributed by atoms with van der Waals surface area (Å²) in [5, 5.41) is 5.49. The van der Waals surface area contributed by atoms with Crippen LogP contribution in [0.25, 0.3) is 0 Å². The largest absolute Gasteiger partial charge is 0.480 e. The zero-order chi connectivity index (χ0) is 18.9. The standard InChI is InChI=1S/C8H7F7O7S/c9-6(10,7(11,12)8(13,14)15)2-22-4(16)1-3(5(17)18)23(19,20)21/h3H,1-2H2,(H,17,18)(H,19,20,21). The number of carboxylic acids is 1. The fourth-order valence-electron chi connectivity index (χ4n) is 0.999. The summed E-state index contributed by atoms with van der Waals surface area (Å²) >= 11 is 0. The predicted octanol–water partition coefficient (Wildman–Crippen LogP) is 1.09. The molecule has 0 rings (SSSR count). The van der Waals surface area contributed by atoms with E-state index in [4.69, 9.17) is 9.66 Å². The van der Waals surface area contributed by atoms with Gasteiger partial charge in [-0.15, -0.1) is 0 Å². The summed E-state index contributed by atoms with van der Waals surface area (Å²) in [6, 6.07) is 0. The lowest BCUT2D eigenvalue weighted by Gasteiger charge is -2.27. The smallest absolute Gasteiger partial charge is 0.460 e. The van der Waals surface area contributed by atoms with E-state index in [1.807, 2.05) is 0 Å². The molecule has 136 valence electrons. The number of esters is 1. The van der Waals surface area contributed by atoms with Gasteiger partial charge < -0.3 is 9.84 Å². The lowest BCUT2D eigenvalue weighted by Crippen LogP contribution is -2.54. The molecule has 0 aliphatic rings. The zero-order valence-corrected chi connectivity index (χ0v) is 11.3. The lowest BCUT2D eigenvalue weighted by atomic mass is 10.2. The summed E-state index contributed by atoms with van der Waals surface area (Å²) in [6.07, 6.45) is -8.46. The van der Waals surface area contributed by atoms with Crippen LogP contribution in [0.4, 0.5) is 30.7 Å². The van der Waals surface area contributed by atoms with Gasteiger partial charge in [-0.1, -0.05) is 0 Å². The molecule has 2 N–H and O–H groups in total. The van der Waals surface area contributed by atoms with Crippen LogP contribution in [0.3, 0.4) is 0 Å². The SMILES string of the molecule is O=C(CC(C(=O)O)S(=O)(=O)O)OCC(F)(F)C(F)(F)C(F)(F)F. The van der Waals surface area contributed by atoms with Gasteiger partial charge in [0.1, 0.15) is 0 Å². The highest BCUT2D eigenvalue weighted by molar-refractivity contribution is 7.87. The normalized spacial score (nSPS) is 15.1. The number of hydrogen-bond acceptors (Lipinski definition) is 5. The Morgan fingerprint density at radius 2 is 1.48 bits per heavy atom. The highest BCUT2D eigenvalue weighted by Crippen LogP contribution is 2.46. The van der Waals surface area contributed by atoms with Crippen LogP contribution in [0.15, 0.2) is 0 Å². The molecule has 0 heterocycles. The molecule has 0 radical (unpaired) electrons. The van der Waals surface area contributed by atoms with E-state index in [1.165, 1.54) is 0 Å². The van der Waals surface area contributed by atoms with Gasteiger partial charge in [-0.2, -0.15) is 39.2 Å². The molecule has 0 aliphatic heterocycles. The molecular formula is C8H7F7O7S. The fourth-order valence-corrected chi connectivity index (χ4v) is 1.60. The molecule has 0 aromatic rings. The summed E-state index contributed by atoms with van der Waals surface area (Å²) < 4.78 is 119. The summed E-state index contributed by atoms with van der Waals surface area (Å²) in [4.78, 5) is 21.3. The Bertz CT molecular complexity index is 568. The van der Waals surface area contributed by atoms with Gasteiger partial charge in [0.05, 0.1) is 6.42 Å². The van der Waals surface area contributed by atoms with Crippen molar-refractivity contribution < 1.29 is 63.1 Å². The highest BCUT2D eigenvalue weighted by Gasteiger charge is 2.73. The zero-order valence-electron chi connectivity index (χ0n) is 10.5. The van der Waals surface area contributed by atoms with Crippen LogP contribution < -0.4 is 0 Å². The number of carbonyl (C=O) groups is 2. The number of aliphatic carboxylic acids is 1. The minimum absolute atomic E-state index is 1.79. The van der Waals surface area contributed by atoms with Gasteiger partial charge in [0.25, 0.3) is 10.1 Å². The first kappa shape index (κ1) is 21.4. The monoisotopic (exact) mass is 380 g/mol. The first-order chi connectivity index (χ1) is 9.93. The van der Waals surface area contributed by atoms with E-state index < -0.39 is 58.4 Å². The number of hydrogen-bond donors (Lipinski definition) is 2. The number of carbonyl (C=O) groups excluding carboxylic acids is 1. The topological polar surface area (TPSA) is 118 Å². The molecule has 1 unspecified atom stereocenters. The molecule has 0 bridgehead atoms. The summed E-state index contributed by atoms with van der Waals surface area (Å²) in [5.74, 6) is -16.9. The van der Waals surface area contributed by atoms with Crippen LogP contribution >= 0.6 is 0 Å². The maximum atomic E-state index is 12.8. The Labute approximate surface area is 122 Å². The quantitative estimate of drug-likeness (QED) is 0.386. The van der Waals surface area contributed by atoms with Gasteiger partial charge in [-0.25, -0.2) is 0 Å². The number of rotatable bonds is 7. The Balaban J connectivity index is 4.99. The molecule has 15 heteroatoms. The minimum Gasteiger partial charge on any atom is -0.480 e. The van der Waals surface area contributed by atoms with Crippen LogP contribution in [-0.2, 0) is 24.4 Å². The van der Waals surface area contributed by atoms with Crippen LogP contribution in [0.2, 0.25) is 0 Å². The predicted molar refractivity (Wildman–Crippen MR) is 54.5 cm³/mol. The molecule has 0 fully saturated rings. The van der Waals surface area contributed by atoms with E-state index in [0.717, 1.165) is 0 Å². The minimum atomic E-state index is -6.67. The van der Waals surface area contributed by atoms with Crippen molar-refractivity contribution in [2.24, 2.45) is 0 Å². The molecule has 0 saturated carbocycles. The maximum absolute atomic E-state index is 12.8. The number of ether oxygens (including phenoxy) is 1. The van der Waals surface area contributed by atoms with Gasteiger partial charge in [-0.05, 0) is 0 Å². The van der Waals surface area contributed by atoms with Gasteiger partial charge in [0, 0.05) is 0 Å². The van der Waals surface area contributed by atoms with Gasteiger partial charge in [-0.3, -0.25) is 14.1 Å². The highest BCUT2D eigenvalue weighted by atomic mass is 32.2. The van der Waals surface area contributed by atoms with E-state index in [9.17, 15) is 48.7 Å². The molecule has 0 aliphatic carbocycles. The summed E-state index contributed by atoms with van der Waals surface area (Å²) in [5.41, 5.74) is 0. The number of halogens is 7. The molecule has 0 amide bonds. The maximum Gasteiger partial charge on any atom is 0.460 e. The summed E-state index contributed by atoms with van der Waals surface area (Å²) in [7, 11) is -5.38. The van der Waals surface area contributed by atoms with Crippen molar-refractivity contribution >= 4 is 22.1 Å². The van der Waals surface area contributed by atoms with Crippen molar-refractivity contribution in [1.82, 2.24) is 0 Å². The van der Waals surface area contributed by atoms with Gasteiger partial charge in [0.15, 0.2) is 11.9 Å². The lowest BCUT2D eigenvalue weighted by molar-refractivity contribution is -0.359. The van der Waals surface area contributed by atoms with E-state index >= 15 is 0 Å². The van der Waals surface area contributed by atoms with Crippen molar-refractivity contribution in [3.8, 4) is 0 Å². The average Bonchev–Trinajstić information content (AvgIpc) is 2.30. The van der Waals surface area contributed by atoms with Crippen LogP contribution in [-0.4, -0.2) is 59.9 Å². The van der Waals surface area contributed by atoms with Crippen molar-refractivity contribution in [2.45, 2.75) is 29.7 Å². The van der Waals surface area contributed by atoms with Crippen molar-refractivity contribution in [2.75, 3.05) is 6.61 Å². The molecule has 0 aromatic carbocycles. The molecule has 23 heavy (non-hydrogen) atoms. The Morgan fingerprint density at radius 3 is 1.78 bits per heavy atom. The van der Waals surface area contributed by atoms with Gasteiger partial charge >= 0.3 is 30.0 Å². The third-order valence-corrected chi connectivity index (χ3v) is 3.30. The fraction of sp³-hybridized carbons (Fsp3) is 0.750. The van der Waals surface area contributed by atoms with E-state index in [2.05, 4.69) is 4.74 Å². The first-order valence-electron chi connectivity index (χ1n) is 5.10. The van der Waals surface area contributed by atoms with Crippen molar-refractivity contribution in [3.05, 3.63) is 0 Å². The van der Waals surface area contributed by atoms with Crippen LogP contribution in [0.5, 0.6) is 0 Å². The third-order valence-electron chi connectivity index (χ3n) is 2.22. The third kappa shape index (κ3) is 5.19. The number of carboxylic acid groups (broad SMARTS) is 1. The van der Waals surface area contributed by atoms with Crippen LogP contribution in [0.1, 0.15) is 6.42 Å². The average molecular weight is 380 g/mol. The second-order valence-corrected chi connectivity index (χ2v) is 5.58. The summed E-state index contributed by atoms with van der Waals surface area (Å²) in [6.45, 7) is -2.80. The Kier molecular flexibility index (Phi) is 6.00. The Morgan fingerprint density at radius 1 is 1.04 bits per heavy atom. The van der Waals surface area contributed by atoms with Gasteiger partial charge in [0.2, 0.25) is 0 Å².